The van der Waals surface area contributed by atoms with Crippen molar-refractivity contribution in [3.8, 4) is 0 Å². The van der Waals surface area contributed by atoms with Gasteiger partial charge in [0.1, 0.15) is 0 Å². The van der Waals surface area contributed by atoms with Crippen molar-refractivity contribution in [2.24, 2.45) is 0 Å². The number of nitrogens with one attached hydrogen (secondary N) is 1. The number of nitrogens with two attached hydrogens (primary N) is 1. The van der Waals surface area contributed by atoms with E-state index in [4.69, 9.17) is 5.73 Å². The van der Waals surface area contributed by atoms with Gasteiger partial charge in [0.05, 0.1) is 6.42 Å². The molecule has 3 rings (SSSR count). The van der Waals surface area contributed by atoms with Crippen LogP contribution in [0.25, 0.3) is 0 Å². The van der Waals surface area contributed by atoms with Crippen LogP contribution in [0.1, 0.15) is 24.8 Å². The summed E-state index contributed by atoms with van der Waals surface area (Å²) in [6.45, 7) is 1.93. The van der Waals surface area contributed by atoms with Crippen LogP contribution in [0.3, 0.4) is 0 Å². The standard InChI is InChI=1S/C14H19N3O/c15-11-3-4-13-10(8-11)9-14(18)17(13)7-5-12-2-1-6-16-12/h3-4,8,12,16H,1-2,5-7,9,15H2. The van der Waals surface area contributed by atoms with E-state index in [1.807, 2.05) is 23.1 Å². The Balaban J connectivity index is 1.71. The average Bonchev–Trinajstić information content (AvgIpc) is 2.93. The van der Waals surface area contributed by atoms with Gasteiger partial charge >= 0.3 is 0 Å². The van der Waals surface area contributed by atoms with Gasteiger partial charge in [-0.05, 0) is 49.6 Å². The first-order valence-electron chi connectivity index (χ1n) is 6.66. The first kappa shape index (κ1) is 11.5. The molecule has 3 N–H and O–H groups in total. The van der Waals surface area contributed by atoms with Gasteiger partial charge in [-0.25, -0.2) is 0 Å². The van der Waals surface area contributed by atoms with Crippen molar-refractivity contribution in [2.45, 2.75) is 31.7 Å². The van der Waals surface area contributed by atoms with E-state index in [1.54, 1.807) is 0 Å². The van der Waals surface area contributed by atoms with Crippen LogP contribution < -0.4 is 16.0 Å². The van der Waals surface area contributed by atoms with Crippen LogP contribution in [0.2, 0.25) is 0 Å². The molecule has 1 aromatic carbocycles. The van der Waals surface area contributed by atoms with Crippen molar-refractivity contribution in [3.05, 3.63) is 23.8 Å². The van der Waals surface area contributed by atoms with Gasteiger partial charge in [0.25, 0.3) is 0 Å². The van der Waals surface area contributed by atoms with E-state index in [0.29, 0.717) is 12.5 Å². The first-order valence-corrected chi connectivity index (χ1v) is 6.66. The van der Waals surface area contributed by atoms with Gasteiger partial charge in [0, 0.05) is 24.0 Å². The highest BCUT2D eigenvalue weighted by molar-refractivity contribution is 6.01. The van der Waals surface area contributed by atoms with E-state index in [2.05, 4.69) is 5.32 Å². The lowest BCUT2D eigenvalue weighted by atomic mass is 10.1. The molecule has 1 unspecified atom stereocenters. The quantitative estimate of drug-likeness (QED) is 0.789. The third kappa shape index (κ3) is 2.08. The molecule has 0 aliphatic carbocycles. The number of carbonyl (C=O) groups excluding carboxylic acids is 1. The largest absolute Gasteiger partial charge is 0.399 e. The fourth-order valence-corrected chi connectivity index (χ4v) is 2.94. The molecule has 4 heteroatoms. The molecule has 2 aliphatic heterocycles. The van der Waals surface area contributed by atoms with Crippen LogP contribution in [0.5, 0.6) is 0 Å². The summed E-state index contributed by atoms with van der Waals surface area (Å²) in [6, 6.07) is 6.34. The molecule has 0 spiro atoms. The topological polar surface area (TPSA) is 58.4 Å². The Labute approximate surface area is 107 Å². The normalized spacial score (nSPS) is 22.6. The maximum absolute atomic E-state index is 12.0. The third-order valence-corrected chi connectivity index (χ3v) is 3.90. The molecule has 1 aromatic rings. The van der Waals surface area contributed by atoms with Crippen LogP contribution in [-0.4, -0.2) is 25.0 Å². The van der Waals surface area contributed by atoms with E-state index in [-0.39, 0.29) is 5.91 Å². The number of nitrogen functional groups attached to an aromatic ring is 1. The Morgan fingerprint density at radius 3 is 3.11 bits per heavy atom. The molecule has 1 fully saturated rings. The van der Waals surface area contributed by atoms with Gasteiger partial charge in [0.15, 0.2) is 0 Å². The summed E-state index contributed by atoms with van der Waals surface area (Å²) in [5.41, 5.74) is 8.61. The zero-order valence-electron chi connectivity index (χ0n) is 10.5. The number of benzene rings is 1. The Morgan fingerprint density at radius 2 is 2.33 bits per heavy atom. The van der Waals surface area contributed by atoms with E-state index in [0.717, 1.165) is 36.4 Å². The highest BCUT2D eigenvalue weighted by Crippen LogP contribution is 2.30. The maximum atomic E-state index is 12.0. The number of rotatable bonds is 3. The molecule has 1 amide bonds. The zero-order valence-corrected chi connectivity index (χ0v) is 10.5. The summed E-state index contributed by atoms with van der Waals surface area (Å²) in [6.07, 6.45) is 4.02. The zero-order chi connectivity index (χ0) is 12.5. The highest BCUT2D eigenvalue weighted by Gasteiger charge is 2.27. The van der Waals surface area contributed by atoms with Gasteiger partial charge in [-0.15, -0.1) is 0 Å². The first-order chi connectivity index (χ1) is 8.74. The number of hydrogen-bond donors (Lipinski definition) is 2. The minimum Gasteiger partial charge on any atom is -0.399 e. The van der Waals surface area contributed by atoms with Gasteiger partial charge < -0.3 is 16.0 Å². The molecular weight excluding hydrogens is 226 g/mol. The fraction of sp³-hybridized carbons (Fsp3) is 0.500. The molecule has 96 valence electrons. The number of hydrogen-bond acceptors (Lipinski definition) is 3. The second-order valence-corrected chi connectivity index (χ2v) is 5.19. The summed E-state index contributed by atoms with van der Waals surface area (Å²) in [7, 11) is 0. The summed E-state index contributed by atoms with van der Waals surface area (Å²) in [4.78, 5) is 13.9. The molecule has 2 aliphatic rings. The van der Waals surface area contributed by atoms with Crippen LogP contribution in [0.15, 0.2) is 18.2 Å². The number of carbonyl (C=O) groups is 1. The Hall–Kier alpha value is -1.55. The van der Waals surface area contributed by atoms with Crippen LogP contribution >= 0.6 is 0 Å². The number of anilines is 2. The minimum absolute atomic E-state index is 0.202. The van der Waals surface area contributed by atoms with E-state index in [1.165, 1.54) is 12.8 Å². The second-order valence-electron chi connectivity index (χ2n) is 5.19. The molecule has 0 aromatic heterocycles. The Bertz CT molecular complexity index is 466. The number of amides is 1. The van der Waals surface area contributed by atoms with E-state index >= 15 is 0 Å². The fourth-order valence-electron chi connectivity index (χ4n) is 2.94. The highest BCUT2D eigenvalue weighted by atomic mass is 16.2. The molecular formula is C14H19N3O. The summed E-state index contributed by atoms with van der Waals surface area (Å²) < 4.78 is 0. The lowest BCUT2D eigenvalue weighted by Gasteiger charge is -2.20. The number of fused-ring (bicyclic) bond motifs is 1. The Morgan fingerprint density at radius 1 is 1.44 bits per heavy atom. The van der Waals surface area contributed by atoms with Crippen molar-refractivity contribution in [1.29, 1.82) is 0 Å². The van der Waals surface area contributed by atoms with Crippen LogP contribution in [-0.2, 0) is 11.2 Å². The molecule has 1 saturated heterocycles. The predicted octanol–water partition coefficient (Wildman–Crippen LogP) is 1.30. The van der Waals surface area contributed by atoms with Gasteiger partial charge in [-0.3, -0.25) is 4.79 Å². The summed E-state index contributed by atoms with van der Waals surface area (Å²) in [5.74, 6) is 0.202. The smallest absolute Gasteiger partial charge is 0.231 e. The summed E-state index contributed by atoms with van der Waals surface area (Å²) >= 11 is 0. The third-order valence-electron chi connectivity index (χ3n) is 3.90. The molecule has 18 heavy (non-hydrogen) atoms. The second kappa shape index (κ2) is 4.61. The molecule has 0 bridgehead atoms. The number of nitrogens with zero attached hydrogens (tertiary/aromatic N) is 1. The van der Waals surface area contributed by atoms with Gasteiger partial charge in [-0.1, -0.05) is 0 Å². The van der Waals surface area contributed by atoms with Crippen LogP contribution in [0, 0.1) is 0 Å². The monoisotopic (exact) mass is 245 g/mol. The van der Waals surface area contributed by atoms with Crippen molar-refractivity contribution in [3.63, 3.8) is 0 Å². The van der Waals surface area contributed by atoms with Crippen molar-refractivity contribution < 1.29 is 4.79 Å². The van der Waals surface area contributed by atoms with Crippen molar-refractivity contribution >= 4 is 17.3 Å². The maximum Gasteiger partial charge on any atom is 0.231 e. The lowest BCUT2D eigenvalue weighted by Crippen LogP contribution is -2.32. The Kier molecular flexibility index (Phi) is 2.96. The van der Waals surface area contributed by atoms with Crippen LogP contribution in [0.4, 0.5) is 11.4 Å². The van der Waals surface area contributed by atoms with E-state index < -0.39 is 0 Å². The predicted molar refractivity (Wildman–Crippen MR) is 72.6 cm³/mol. The van der Waals surface area contributed by atoms with Crippen molar-refractivity contribution in [2.75, 3.05) is 23.7 Å². The van der Waals surface area contributed by atoms with Gasteiger partial charge in [-0.2, -0.15) is 0 Å². The molecule has 0 radical (unpaired) electrons. The van der Waals surface area contributed by atoms with Crippen molar-refractivity contribution in [1.82, 2.24) is 5.32 Å². The SMILES string of the molecule is Nc1ccc2c(c1)CC(=O)N2CCC1CCCN1. The van der Waals surface area contributed by atoms with E-state index in [9.17, 15) is 4.79 Å². The molecule has 1 atom stereocenters. The lowest BCUT2D eigenvalue weighted by molar-refractivity contribution is -0.117. The molecule has 0 saturated carbocycles. The average molecular weight is 245 g/mol. The minimum atomic E-state index is 0.202. The summed E-state index contributed by atoms with van der Waals surface area (Å²) in [5, 5.41) is 3.47. The molecule has 4 nitrogen and oxygen atoms in total. The van der Waals surface area contributed by atoms with Gasteiger partial charge in [0.2, 0.25) is 5.91 Å². The molecule has 2 heterocycles.